The zero-order valence-corrected chi connectivity index (χ0v) is 20.6. The molecule has 0 radical (unpaired) electrons. The number of nitrogens with zero attached hydrogens (tertiary/aromatic N) is 3. The number of para-hydroxylation sites is 2. The smallest absolute Gasteiger partial charge is 0.387 e. The molecule has 0 spiro atoms. The molecule has 2 N–H and O–H groups in total. The number of benzene rings is 1. The molecule has 0 amide bonds. The highest BCUT2D eigenvalue weighted by atomic mass is 127. The van der Waals surface area contributed by atoms with Crippen LogP contribution in [0.3, 0.4) is 0 Å². The van der Waals surface area contributed by atoms with E-state index in [9.17, 15) is 8.78 Å². The van der Waals surface area contributed by atoms with Crippen molar-refractivity contribution in [3.63, 3.8) is 0 Å². The minimum atomic E-state index is -2.85. The number of aromatic nitrogens is 1. The number of alkyl halides is 2. The maximum atomic E-state index is 12.7. The molecule has 2 heterocycles. The lowest BCUT2D eigenvalue weighted by Gasteiger charge is -2.22. The van der Waals surface area contributed by atoms with Gasteiger partial charge in [0, 0.05) is 44.5 Å². The maximum Gasteiger partial charge on any atom is 0.387 e. The van der Waals surface area contributed by atoms with E-state index in [-0.39, 0.29) is 35.8 Å². The number of guanidine groups is 1. The second kappa shape index (κ2) is 13.2. The molecule has 1 unspecified atom stereocenters. The van der Waals surface area contributed by atoms with Crippen molar-refractivity contribution in [1.29, 1.82) is 0 Å². The average molecular weight is 561 g/mol. The molecule has 3 rings (SSSR count). The number of hydrogen-bond acceptors (Lipinski definition) is 5. The van der Waals surface area contributed by atoms with Gasteiger partial charge in [-0.2, -0.15) is 8.78 Å². The molecular weight excluding hydrogens is 531 g/mol. The summed E-state index contributed by atoms with van der Waals surface area (Å²) >= 11 is 0. The highest BCUT2D eigenvalue weighted by Gasteiger charge is 2.26. The molecular formula is C22H30F2IN5O2. The van der Waals surface area contributed by atoms with Crippen LogP contribution in [0.2, 0.25) is 0 Å². The van der Waals surface area contributed by atoms with Gasteiger partial charge in [-0.3, -0.25) is 4.99 Å². The SMILES string of the molecule is CCCOc1ncccc1CNC(=NC)NC1CCN(c2ccccc2OC(F)F)C1.I. The predicted molar refractivity (Wildman–Crippen MR) is 132 cm³/mol. The lowest BCUT2D eigenvalue weighted by atomic mass is 10.2. The fraction of sp³-hybridized carbons (Fsp3) is 0.455. The van der Waals surface area contributed by atoms with E-state index in [1.165, 1.54) is 0 Å². The first-order valence-electron chi connectivity index (χ1n) is 10.4. The highest BCUT2D eigenvalue weighted by molar-refractivity contribution is 14.0. The number of aliphatic imine (C=N–C) groups is 1. The quantitative estimate of drug-likeness (QED) is 0.274. The molecule has 176 valence electrons. The second-order valence-electron chi connectivity index (χ2n) is 7.16. The van der Waals surface area contributed by atoms with Gasteiger partial charge in [0.2, 0.25) is 5.88 Å². The third kappa shape index (κ3) is 7.35. The summed E-state index contributed by atoms with van der Waals surface area (Å²) in [5.74, 6) is 1.47. The summed E-state index contributed by atoms with van der Waals surface area (Å²) in [5.41, 5.74) is 1.62. The Morgan fingerprint density at radius 1 is 1.28 bits per heavy atom. The monoisotopic (exact) mass is 561 g/mol. The molecule has 10 heteroatoms. The van der Waals surface area contributed by atoms with Crippen LogP contribution in [0.1, 0.15) is 25.3 Å². The van der Waals surface area contributed by atoms with Crippen molar-refractivity contribution < 1.29 is 18.3 Å². The fourth-order valence-electron chi connectivity index (χ4n) is 3.47. The van der Waals surface area contributed by atoms with Crippen molar-refractivity contribution in [2.75, 3.05) is 31.6 Å². The first-order chi connectivity index (χ1) is 15.1. The Labute approximate surface area is 204 Å². The van der Waals surface area contributed by atoms with Gasteiger partial charge in [0.05, 0.1) is 12.3 Å². The van der Waals surface area contributed by atoms with Crippen molar-refractivity contribution in [3.05, 3.63) is 48.2 Å². The van der Waals surface area contributed by atoms with Crippen molar-refractivity contribution >= 4 is 35.6 Å². The minimum absolute atomic E-state index is 0. The normalized spacial score (nSPS) is 16.0. The van der Waals surface area contributed by atoms with Crippen LogP contribution >= 0.6 is 24.0 Å². The number of rotatable bonds is 9. The van der Waals surface area contributed by atoms with Crippen molar-refractivity contribution in [1.82, 2.24) is 15.6 Å². The number of halogens is 3. The Morgan fingerprint density at radius 3 is 2.84 bits per heavy atom. The minimum Gasteiger partial charge on any atom is -0.477 e. The molecule has 1 fully saturated rings. The lowest BCUT2D eigenvalue weighted by Crippen LogP contribution is -2.44. The van der Waals surface area contributed by atoms with Crippen LogP contribution in [0.25, 0.3) is 0 Å². The molecule has 1 atom stereocenters. The average Bonchev–Trinajstić information content (AvgIpc) is 3.24. The Morgan fingerprint density at radius 2 is 2.09 bits per heavy atom. The van der Waals surface area contributed by atoms with Gasteiger partial charge in [-0.1, -0.05) is 25.1 Å². The van der Waals surface area contributed by atoms with Crippen LogP contribution in [0.4, 0.5) is 14.5 Å². The molecule has 1 aromatic heterocycles. The standard InChI is InChI=1S/C22H29F2N5O2.HI/c1-3-13-30-20-16(7-6-11-26-20)14-27-22(25-2)28-17-10-12-29(15-17)18-8-4-5-9-19(18)31-21(23)24;/h4-9,11,17,21H,3,10,12-15H2,1-2H3,(H2,25,27,28);1H. The largest absolute Gasteiger partial charge is 0.477 e. The van der Waals surface area contributed by atoms with Crippen LogP contribution < -0.4 is 25.0 Å². The summed E-state index contributed by atoms with van der Waals surface area (Å²) in [4.78, 5) is 10.6. The van der Waals surface area contributed by atoms with E-state index in [1.54, 1.807) is 31.4 Å². The van der Waals surface area contributed by atoms with Crippen LogP contribution in [0.15, 0.2) is 47.6 Å². The first kappa shape index (κ1) is 25.9. The van der Waals surface area contributed by atoms with E-state index in [2.05, 4.69) is 32.3 Å². The van der Waals surface area contributed by atoms with E-state index in [0.29, 0.717) is 37.2 Å². The number of anilines is 1. The van der Waals surface area contributed by atoms with Crippen LogP contribution in [-0.4, -0.2) is 50.3 Å². The van der Waals surface area contributed by atoms with Crippen molar-refractivity contribution in [2.45, 2.75) is 39.0 Å². The summed E-state index contributed by atoms with van der Waals surface area (Å²) in [6.07, 6.45) is 3.47. The van der Waals surface area contributed by atoms with Gasteiger partial charge < -0.3 is 25.0 Å². The van der Waals surface area contributed by atoms with Gasteiger partial charge in [-0.15, -0.1) is 24.0 Å². The maximum absolute atomic E-state index is 12.7. The third-order valence-electron chi connectivity index (χ3n) is 4.91. The Balaban J connectivity index is 0.00000363. The Kier molecular flexibility index (Phi) is 10.7. The predicted octanol–water partition coefficient (Wildman–Crippen LogP) is 4.03. The van der Waals surface area contributed by atoms with E-state index in [4.69, 9.17) is 4.74 Å². The van der Waals surface area contributed by atoms with E-state index < -0.39 is 6.61 Å². The van der Waals surface area contributed by atoms with Gasteiger partial charge in [0.25, 0.3) is 0 Å². The molecule has 0 aliphatic carbocycles. The molecule has 1 aliphatic heterocycles. The Bertz CT molecular complexity index is 872. The summed E-state index contributed by atoms with van der Waals surface area (Å²) in [6, 6.07) is 10.8. The number of hydrogen-bond donors (Lipinski definition) is 2. The summed E-state index contributed by atoms with van der Waals surface area (Å²) in [7, 11) is 1.71. The van der Waals surface area contributed by atoms with Gasteiger partial charge in [0.15, 0.2) is 5.96 Å². The van der Waals surface area contributed by atoms with E-state index in [0.717, 1.165) is 24.9 Å². The topological polar surface area (TPSA) is 71.0 Å². The van der Waals surface area contributed by atoms with Crippen LogP contribution in [0, 0.1) is 0 Å². The molecule has 2 aromatic rings. The Hall–Kier alpha value is -2.37. The number of pyridine rings is 1. The van der Waals surface area contributed by atoms with E-state index >= 15 is 0 Å². The van der Waals surface area contributed by atoms with Gasteiger partial charge in [0.1, 0.15) is 5.75 Å². The molecule has 32 heavy (non-hydrogen) atoms. The van der Waals surface area contributed by atoms with Gasteiger partial charge in [-0.25, -0.2) is 4.98 Å². The van der Waals surface area contributed by atoms with Gasteiger partial charge in [-0.05, 0) is 31.0 Å². The molecule has 0 saturated carbocycles. The third-order valence-corrected chi connectivity index (χ3v) is 4.91. The molecule has 1 saturated heterocycles. The van der Waals surface area contributed by atoms with Crippen LogP contribution in [-0.2, 0) is 6.54 Å². The van der Waals surface area contributed by atoms with Crippen molar-refractivity contribution in [3.8, 4) is 11.6 Å². The zero-order valence-electron chi connectivity index (χ0n) is 18.3. The summed E-state index contributed by atoms with van der Waals surface area (Å²) < 4.78 is 35.8. The highest BCUT2D eigenvalue weighted by Crippen LogP contribution is 2.31. The lowest BCUT2D eigenvalue weighted by molar-refractivity contribution is -0.0495. The second-order valence-corrected chi connectivity index (χ2v) is 7.16. The van der Waals surface area contributed by atoms with Crippen LogP contribution in [0.5, 0.6) is 11.6 Å². The first-order valence-corrected chi connectivity index (χ1v) is 10.4. The zero-order chi connectivity index (χ0) is 22.1. The summed E-state index contributed by atoms with van der Waals surface area (Å²) in [6.45, 7) is 1.73. The number of nitrogens with one attached hydrogen (secondary N) is 2. The van der Waals surface area contributed by atoms with E-state index in [1.807, 2.05) is 23.1 Å². The van der Waals surface area contributed by atoms with Crippen molar-refractivity contribution in [2.24, 2.45) is 4.99 Å². The van der Waals surface area contributed by atoms with Gasteiger partial charge >= 0.3 is 6.61 Å². The number of ether oxygens (including phenoxy) is 2. The molecule has 1 aliphatic rings. The molecule has 7 nitrogen and oxygen atoms in total. The summed E-state index contributed by atoms with van der Waals surface area (Å²) in [5, 5.41) is 6.70. The fourth-order valence-corrected chi connectivity index (χ4v) is 3.47. The molecule has 1 aromatic carbocycles. The molecule has 0 bridgehead atoms.